The second-order valence-electron chi connectivity index (χ2n) is 4.78. The lowest BCUT2D eigenvalue weighted by Crippen LogP contribution is -2.31. The molecular weight excluding hydrogens is 297 g/mol. The molecule has 1 atom stereocenters. The summed E-state index contributed by atoms with van der Waals surface area (Å²) in [6.45, 7) is 4.10. The van der Waals surface area contributed by atoms with Crippen LogP contribution < -0.4 is 11.3 Å². The zero-order chi connectivity index (χ0) is 14.7. The summed E-state index contributed by atoms with van der Waals surface area (Å²) in [5.74, 6) is 6.50. The molecule has 2 rings (SSSR count). The number of hydrazine groups is 1. The molecule has 1 heterocycles. The number of nitrogens with zero attached hydrogens (tertiary/aromatic N) is 3. The lowest BCUT2D eigenvalue weighted by atomic mass is 10.0. The molecule has 7 heteroatoms. The average molecular weight is 314 g/mol. The van der Waals surface area contributed by atoms with Crippen molar-refractivity contribution in [2.45, 2.75) is 32.4 Å². The van der Waals surface area contributed by atoms with E-state index >= 15 is 0 Å². The number of nitrogens with two attached hydrogens (primary N) is 1. The molecule has 108 valence electrons. The van der Waals surface area contributed by atoms with Crippen molar-refractivity contribution in [3.63, 3.8) is 0 Å². The maximum absolute atomic E-state index is 6.24. The van der Waals surface area contributed by atoms with Crippen molar-refractivity contribution in [3.05, 3.63) is 46.0 Å². The third-order valence-corrected chi connectivity index (χ3v) is 3.91. The van der Waals surface area contributed by atoms with Crippen molar-refractivity contribution in [1.82, 2.24) is 20.2 Å². The molecule has 1 aromatic heterocycles. The second kappa shape index (κ2) is 6.54. The fourth-order valence-electron chi connectivity index (χ4n) is 2.08. The Morgan fingerprint density at radius 3 is 2.75 bits per heavy atom. The van der Waals surface area contributed by atoms with Crippen LogP contribution in [0.3, 0.4) is 0 Å². The summed E-state index contributed by atoms with van der Waals surface area (Å²) in [6.07, 6.45) is 2.12. The van der Waals surface area contributed by atoms with Gasteiger partial charge in [0.1, 0.15) is 12.2 Å². The molecule has 0 aliphatic heterocycles. The highest BCUT2D eigenvalue weighted by Gasteiger charge is 2.19. The molecule has 0 radical (unpaired) electrons. The third kappa shape index (κ3) is 3.12. The Kier molecular flexibility index (Phi) is 4.99. The minimum absolute atomic E-state index is 0.178. The van der Waals surface area contributed by atoms with E-state index in [0.29, 0.717) is 16.5 Å². The van der Waals surface area contributed by atoms with Gasteiger partial charge in [0, 0.05) is 12.5 Å². The zero-order valence-electron chi connectivity index (χ0n) is 11.3. The average Bonchev–Trinajstić information content (AvgIpc) is 2.88. The Hall–Kier alpha value is -1.14. The first-order chi connectivity index (χ1) is 9.54. The van der Waals surface area contributed by atoms with Gasteiger partial charge in [0.2, 0.25) is 0 Å². The zero-order valence-corrected chi connectivity index (χ0v) is 12.9. The lowest BCUT2D eigenvalue weighted by molar-refractivity contribution is 0.468. The summed E-state index contributed by atoms with van der Waals surface area (Å²) in [5.41, 5.74) is 3.61. The van der Waals surface area contributed by atoms with Gasteiger partial charge >= 0.3 is 0 Å². The topological polar surface area (TPSA) is 68.8 Å². The summed E-state index contributed by atoms with van der Waals surface area (Å²) < 4.78 is 1.86. The maximum atomic E-state index is 6.24. The van der Waals surface area contributed by atoms with Crippen molar-refractivity contribution in [1.29, 1.82) is 0 Å². The summed E-state index contributed by atoms with van der Waals surface area (Å²) in [4.78, 5) is 4.28. The minimum Gasteiger partial charge on any atom is -0.271 e. The van der Waals surface area contributed by atoms with Crippen LogP contribution in [0.4, 0.5) is 0 Å². The molecule has 1 aromatic carbocycles. The standard InChI is InChI=1S/C13H17Cl2N5/c1-8(2)20-12(17-7-18-20)6-11(19-16)9-4-3-5-10(14)13(9)15/h3-5,7-8,11,19H,6,16H2,1-2H3. The van der Waals surface area contributed by atoms with Gasteiger partial charge < -0.3 is 0 Å². The molecule has 0 amide bonds. The number of hydrogen-bond acceptors (Lipinski definition) is 4. The van der Waals surface area contributed by atoms with Gasteiger partial charge in [-0.2, -0.15) is 5.10 Å². The quantitative estimate of drug-likeness (QED) is 0.658. The van der Waals surface area contributed by atoms with Crippen LogP contribution in [-0.2, 0) is 6.42 Å². The number of halogens is 2. The van der Waals surface area contributed by atoms with E-state index in [1.165, 1.54) is 0 Å². The molecule has 0 bridgehead atoms. The SMILES string of the molecule is CC(C)n1ncnc1CC(NN)c1cccc(Cl)c1Cl. The lowest BCUT2D eigenvalue weighted by Gasteiger charge is -2.19. The fourth-order valence-corrected chi connectivity index (χ4v) is 2.52. The molecule has 5 nitrogen and oxygen atoms in total. The molecule has 0 fully saturated rings. The number of rotatable bonds is 5. The van der Waals surface area contributed by atoms with Crippen molar-refractivity contribution < 1.29 is 0 Å². The summed E-state index contributed by atoms with van der Waals surface area (Å²) in [5, 5.41) is 5.23. The molecule has 0 aliphatic carbocycles. The first kappa shape index (κ1) is 15.3. The molecule has 0 spiro atoms. The Morgan fingerprint density at radius 1 is 1.35 bits per heavy atom. The van der Waals surface area contributed by atoms with E-state index < -0.39 is 0 Å². The van der Waals surface area contributed by atoms with E-state index in [9.17, 15) is 0 Å². The molecule has 20 heavy (non-hydrogen) atoms. The molecule has 2 aromatic rings. The van der Waals surface area contributed by atoms with Crippen LogP contribution in [0.1, 0.15) is 37.3 Å². The van der Waals surface area contributed by atoms with Crippen LogP contribution in [0.5, 0.6) is 0 Å². The van der Waals surface area contributed by atoms with Gasteiger partial charge in [-0.05, 0) is 25.5 Å². The van der Waals surface area contributed by atoms with Crippen molar-refractivity contribution >= 4 is 23.2 Å². The molecule has 3 N–H and O–H groups in total. The van der Waals surface area contributed by atoms with Crippen LogP contribution in [-0.4, -0.2) is 14.8 Å². The first-order valence-corrected chi connectivity index (χ1v) is 7.08. The van der Waals surface area contributed by atoms with Crippen molar-refractivity contribution in [3.8, 4) is 0 Å². The van der Waals surface area contributed by atoms with Gasteiger partial charge in [0.15, 0.2) is 0 Å². The van der Waals surface area contributed by atoms with E-state index in [0.717, 1.165) is 11.4 Å². The predicted molar refractivity (Wildman–Crippen MR) is 80.6 cm³/mol. The van der Waals surface area contributed by atoms with E-state index in [2.05, 4.69) is 29.4 Å². The smallest absolute Gasteiger partial charge is 0.138 e. The van der Waals surface area contributed by atoms with Crippen molar-refractivity contribution in [2.75, 3.05) is 0 Å². The third-order valence-electron chi connectivity index (χ3n) is 3.08. The van der Waals surface area contributed by atoms with Gasteiger partial charge in [-0.15, -0.1) is 0 Å². The highest BCUT2D eigenvalue weighted by molar-refractivity contribution is 6.42. The Bertz CT molecular complexity index is 582. The van der Waals surface area contributed by atoms with Gasteiger partial charge in [0.25, 0.3) is 0 Å². The summed E-state index contributed by atoms with van der Waals surface area (Å²) >= 11 is 12.3. The number of nitrogens with one attached hydrogen (secondary N) is 1. The largest absolute Gasteiger partial charge is 0.271 e. The van der Waals surface area contributed by atoms with Crippen molar-refractivity contribution in [2.24, 2.45) is 5.84 Å². The van der Waals surface area contributed by atoms with Crippen LogP contribution >= 0.6 is 23.2 Å². The second-order valence-corrected chi connectivity index (χ2v) is 5.57. The minimum atomic E-state index is -0.178. The molecule has 0 aliphatic rings. The van der Waals surface area contributed by atoms with Gasteiger partial charge in [0.05, 0.1) is 16.1 Å². The predicted octanol–water partition coefficient (Wildman–Crippen LogP) is 2.91. The fraction of sp³-hybridized carbons (Fsp3) is 0.385. The van der Waals surface area contributed by atoms with Gasteiger partial charge in [-0.1, -0.05) is 35.3 Å². The van der Waals surface area contributed by atoms with E-state index in [1.54, 1.807) is 12.4 Å². The van der Waals surface area contributed by atoms with Crippen LogP contribution in [0.15, 0.2) is 24.5 Å². The molecule has 0 saturated carbocycles. The summed E-state index contributed by atoms with van der Waals surface area (Å²) in [7, 11) is 0. The maximum Gasteiger partial charge on any atom is 0.138 e. The number of benzene rings is 1. The number of aromatic nitrogens is 3. The molecular formula is C13H17Cl2N5. The van der Waals surface area contributed by atoms with Crippen LogP contribution in [0.25, 0.3) is 0 Å². The van der Waals surface area contributed by atoms with E-state index in [1.807, 2.05) is 16.8 Å². The highest BCUT2D eigenvalue weighted by Crippen LogP contribution is 2.31. The van der Waals surface area contributed by atoms with E-state index in [-0.39, 0.29) is 12.1 Å². The van der Waals surface area contributed by atoms with E-state index in [4.69, 9.17) is 29.0 Å². The van der Waals surface area contributed by atoms with Gasteiger partial charge in [-0.3, -0.25) is 11.3 Å². The normalized spacial score (nSPS) is 12.9. The first-order valence-electron chi connectivity index (χ1n) is 6.33. The Balaban J connectivity index is 2.29. The van der Waals surface area contributed by atoms with Crippen LogP contribution in [0, 0.1) is 0 Å². The monoisotopic (exact) mass is 313 g/mol. The summed E-state index contributed by atoms with van der Waals surface area (Å²) in [6, 6.07) is 5.55. The number of hydrogen-bond donors (Lipinski definition) is 2. The highest BCUT2D eigenvalue weighted by atomic mass is 35.5. The Labute approximate surface area is 128 Å². The molecule has 1 unspecified atom stereocenters. The Morgan fingerprint density at radius 2 is 2.10 bits per heavy atom. The van der Waals surface area contributed by atoms with Gasteiger partial charge in [-0.25, -0.2) is 9.67 Å². The van der Waals surface area contributed by atoms with Crippen LogP contribution in [0.2, 0.25) is 10.0 Å². The molecule has 0 saturated heterocycles.